The lowest BCUT2D eigenvalue weighted by Crippen LogP contribution is -2.42. The largest absolute Gasteiger partial charge is 0.368 e. The minimum atomic E-state index is -0.409. The van der Waals surface area contributed by atoms with Crippen LogP contribution in [0.3, 0.4) is 0 Å². The molecular formula is C18H21BrN2O2. The molecule has 0 saturated heterocycles. The second kappa shape index (κ2) is 6.89. The van der Waals surface area contributed by atoms with Crippen LogP contribution in [0.15, 0.2) is 35.3 Å². The van der Waals surface area contributed by atoms with Crippen molar-refractivity contribution in [3.8, 4) is 0 Å². The van der Waals surface area contributed by atoms with Gasteiger partial charge in [-0.2, -0.15) is 0 Å². The summed E-state index contributed by atoms with van der Waals surface area (Å²) in [5.41, 5.74) is 3.57. The number of aromatic nitrogens is 1. The average molecular weight is 377 g/mol. The van der Waals surface area contributed by atoms with Crippen LogP contribution in [0.1, 0.15) is 24.6 Å². The maximum absolute atomic E-state index is 12.6. The molecule has 0 aliphatic carbocycles. The first-order valence-electron chi connectivity index (χ1n) is 7.91. The summed E-state index contributed by atoms with van der Waals surface area (Å²) in [5.74, 6) is 0.0593. The Hall–Kier alpha value is -1.59. The molecule has 1 atom stereocenters. The van der Waals surface area contributed by atoms with Crippen molar-refractivity contribution in [2.75, 3.05) is 13.2 Å². The number of halogens is 1. The number of carbonyl (C=O) groups is 1. The standard InChI is InChI=1S/C18H21BrN2O2/c1-3-4-10-23-12(2)18(22)21-9-8-16-14(11-21)13-6-5-7-15(19)17(13)20-16/h3,5-7,12,20H,1,4,8-11H2,2H3. The first kappa shape index (κ1) is 16.3. The number of aromatic amines is 1. The molecule has 2 heterocycles. The molecule has 4 nitrogen and oxygen atoms in total. The van der Waals surface area contributed by atoms with E-state index in [2.05, 4.69) is 33.6 Å². The van der Waals surface area contributed by atoms with Crippen molar-refractivity contribution in [2.24, 2.45) is 0 Å². The highest BCUT2D eigenvalue weighted by Crippen LogP contribution is 2.32. The summed E-state index contributed by atoms with van der Waals surface area (Å²) in [6.45, 7) is 7.39. The van der Waals surface area contributed by atoms with Gasteiger partial charge >= 0.3 is 0 Å². The Morgan fingerprint density at radius 1 is 1.57 bits per heavy atom. The van der Waals surface area contributed by atoms with Crippen LogP contribution in [-0.4, -0.2) is 35.0 Å². The molecule has 23 heavy (non-hydrogen) atoms. The number of amides is 1. The molecule has 1 aromatic heterocycles. The van der Waals surface area contributed by atoms with E-state index in [1.807, 2.05) is 24.0 Å². The number of H-pyrrole nitrogens is 1. The first-order valence-corrected chi connectivity index (χ1v) is 8.70. The summed E-state index contributed by atoms with van der Waals surface area (Å²) in [6, 6.07) is 6.17. The van der Waals surface area contributed by atoms with Gasteiger partial charge in [0.05, 0.1) is 12.1 Å². The molecule has 3 rings (SSSR count). The van der Waals surface area contributed by atoms with Gasteiger partial charge in [0.15, 0.2) is 0 Å². The second-order valence-corrected chi connectivity index (χ2v) is 6.70. The number of ether oxygens (including phenoxy) is 1. The third kappa shape index (κ3) is 3.21. The van der Waals surface area contributed by atoms with E-state index in [9.17, 15) is 4.79 Å². The Morgan fingerprint density at radius 3 is 3.17 bits per heavy atom. The number of fused-ring (bicyclic) bond motifs is 3. The number of rotatable bonds is 5. The van der Waals surface area contributed by atoms with Crippen LogP contribution in [0.5, 0.6) is 0 Å². The van der Waals surface area contributed by atoms with E-state index in [1.54, 1.807) is 6.08 Å². The molecule has 122 valence electrons. The molecule has 1 aliphatic rings. The lowest BCUT2D eigenvalue weighted by Gasteiger charge is -2.29. The molecule has 1 N–H and O–H groups in total. The van der Waals surface area contributed by atoms with E-state index in [-0.39, 0.29) is 5.91 Å². The van der Waals surface area contributed by atoms with Crippen LogP contribution in [0.25, 0.3) is 10.9 Å². The zero-order valence-corrected chi connectivity index (χ0v) is 14.9. The molecular weight excluding hydrogens is 356 g/mol. The van der Waals surface area contributed by atoms with Gasteiger partial charge in [-0.3, -0.25) is 4.79 Å². The zero-order chi connectivity index (χ0) is 16.4. The molecule has 0 bridgehead atoms. The average Bonchev–Trinajstić information content (AvgIpc) is 2.93. The number of nitrogens with zero attached hydrogens (tertiary/aromatic N) is 1. The van der Waals surface area contributed by atoms with Crippen LogP contribution in [0.4, 0.5) is 0 Å². The topological polar surface area (TPSA) is 45.3 Å². The minimum absolute atomic E-state index is 0.0593. The van der Waals surface area contributed by atoms with Crippen molar-refractivity contribution in [3.05, 3.63) is 46.6 Å². The van der Waals surface area contributed by atoms with Gasteiger partial charge in [0, 0.05) is 40.6 Å². The smallest absolute Gasteiger partial charge is 0.251 e. The van der Waals surface area contributed by atoms with Crippen molar-refractivity contribution in [2.45, 2.75) is 32.4 Å². The Kier molecular flexibility index (Phi) is 4.87. The van der Waals surface area contributed by atoms with Crippen molar-refractivity contribution in [3.63, 3.8) is 0 Å². The molecule has 1 amide bonds. The number of para-hydroxylation sites is 1. The number of benzene rings is 1. The van der Waals surface area contributed by atoms with Crippen LogP contribution in [0.2, 0.25) is 0 Å². The SMILES string of the molecule is C=CCCOC(C)C(=O)N1CCc2[nH]c3c(Br)cccc3c2C1. The van der Waals surface area contributed by atoms with E-state index in [4.69, 9.17) is 4.74 Å². The Balaban J connectivity index is 1.77. The van der Waals surface area contributed by atoms with Crippen molar-refractivity contribution in [1.82, 2.24) is 9.88 Å². The molecule has 1 unspecified atom stereocenters. The summed E-state index contributed by atoms with van der Waals surface area (Å²) in [6.07, 6.45) is 3.00. The number of hydrogen-bond acceptors (Lipinski definition) is 2. The van der Waals surface area contributed by atoms with Gasteiger partial charge in [-0.15, -0.1) is 6.58 Å². The fraction of sp³-hybridized carbons (Fsp3) is 0.389. The number of nitrogens with one attached hydrogen (secondary N) is 1. The fourth-order valence-electron chi connectivity index (χ4n) is 3.05. The molecule has 5 heteroatoms. The first-order chi connectivity index (χ1) is 11.1. The highest BCUT2D eigenvalue weighted by atomic mass is 79.9. The lowest BCUT2D eigenvalue weighted by molar-refractivity contribution is -0.143. The highest BCUT2D eigenvalue weighted by Gasteiger charge is 2.27. The monoisotopic (exact) mass is 376 g/mol. The quantitative estimate of drug-likeness (QED) is 0.637. The van der Waals surface area contributed by atoms with Crippen molar-refractivity contribution in [1.29, 1.82) is 0 Å². The maximum atomic E-state index is 12.6. The van der Waals surface area contributed by atoms with Crippen molar-refractivity contribution >= 4 is 32.7 Å². The van der Waals surface area contributed by atoms with E-state index in [1.165, 1.54) is 16.6 Å². The number of hydrogen-bond donors (Lipinski definition) is 1. The van der Waals surface area contributed by atoms with Gasteiger partial charge in [-0.1, -0.05) is 18.2 Å². The van der Waals surface area contributed by atoms with E-state index in [0.29, 0.717) is 13.2 Å². The van der Waals surface area contributed by atoms with Gasteiger partial charge in [0.2, 0.25) is 0 Å². The van der Waals surface area contributed by atoms with Gasteiger partial charge in [-0.25, -0.2) is 0 Å². The summed E-state index contributed by atoms with van der Waals surface area (Å²) in [7, 11) is 0. The lowest BCUT2D eigenvalue weighted by atomic mass is 10.0. The van der Waals surface area contributed by atoms with Crippen LogP contribution < -0.4 is 0 Å². The maximum Gasteiger partial charge on any atom is 0.251 e. The molecule has 0 saturated carbocycles. The molecule has 0 spiro atoms. The van der Waals surface area contributed by atoms with Gasteiger partial charge in [-0.05, 0) is 35.3 Å². The van der Waals surface area contributed by atoms with Crippen LogP contribution >= 0.6 is 15.9 Å². The summed E-state index contributed by atoms with van der Waals surface area (Å²) >= 11 is 3.59. The fourth-order valence-corrected chi connectivity index (χ4v) is 3.51. The number of carbonyl (C=O) groups excluding carboxylic acids is 1. The molecule has 1 aromatic carbocycles. The minimum Gasteiger partial charge on any atom is -0.368 e. The molecule has 0 radical (unpaired) electrons. The van der Waals surface area contributed by atoms with Gasteiger partial charge in [0.1, 0.15) is 6.10 Å². The van der Waals surface area contributed by atoms with Crippen LogP contribution in [0, 0.1) is 0 Å². The Labute approximate surface area is 144 Å². The molecule has 2 aromatic rings. The predicted molar refractivity (Wildman–Crippen MR) is 95.3 cm³/mol. The molecule has 0 fully saturated rings. The summed E-state index contributed by atoms with van der Waals surface area (Å²) < 4.78 is 6.65. The van der Waals surface area contributed by atoms with Crippen LogP contribution in [-0.2, 0) is 22.5 Å². The van der Waals surface area contributed by atoms with Gasteiger partial charge in [0.25, 0.3) is 5.91 Å². The normalized spacial score (nSPS) is 15.5. The van der Waals surface area contributed by atoms with Crippen molar-refractivity contribution < 1.29 is 9.53 Å². The summed E-state index contributed by atoms with van der Waals surface area (Å²) in [4.78, 5) is 18.0. The van der Waals surface area contributed by atoms with Gasteiger partial charge < -0.3 is 14.6 Å². The Bertz CT molecular complexity index is 738. The second-order valence-electron chi connectivity index (χ2n) is 5.84. The molecule has 1 aliphatic heterocycles. The van der Waals surface area contributed by atoms with E-state index in [0.717, 1.165) is 29.4 Å². The van der Waals surface area contributed by atoms with E-state index >= 15 is 0 Å². The Morgan fingerprint density at radius 2 is 2.39 bits per heavy atom. The third-order valence-electron chi connectivity index (χ3n) is 4.31. The highest BCUT2D eigenvalue weighted by molar-refractivity contribution is 9.10. The summed E-state index contributed by atoms with van der Waals surface area (Å²) in [5, 5.41) is 1.19. The van der Waals surface area contributed by atoms with E-state index < -0.39 is 6.10 Å². The zero-order valence-electron chi connectivity index (χ0n) is 13.3. The predicted octanol–water partition coefficient (Wildman–Crippen LogP) is 3.80. The third-order valence-corrected chi connectivity index (χ3v) is 4.97.